The summed E-state index contributed by atoms with van der Waals surface area (Å²) in [7, 11) is 4.11. The van der Waals surface area contributed by atoms with Gasteiger partial charge in [0.2, 0.25) is 0 Å². The highest BCUT2D eigenvalue weighted by atomic mass is 15.2. The first-order valence-corrected chi connectivity index (χ1v) is 6.73. The van der Waals surface area contributed by atoms with Gasteiger partial charge in [0.25, 0.3) is 0 Å². The second-order valence-corrected chi connectivity index (χ2v) is 6.32. The van der Waals surface area contributed by atoms with Crippen molar-refractivity contribution in [3.8, 4) is 0 Å². The summed E-state index contributed by atoms with van der Waals surface area (Å²) in [5.74, 6) is 0. The Balaban J connectivity index is 2.09. The van der Waals surface area contributed by atoms with Gasteiger partial charge in [0.1, 0.15) is 0 Å². The maximum atomic E-state index is 4.18. The summed E-state index contributed by atoms with van der Waals surface area (Å²) in [5.41, 5.74) is 1.70. The number of hydrogen-bond donors (Lipinski definition) is 1. The Hall–Kier alpha value is -0.870. The standard InChI is InChI=1S/C14H28N4/c1-14(2,3)6-7-15-8-9-17(4)11-13-10-16-18(5)12-13/h10,12,15H,6-9,11H2,1-5H3. The van der Waals surface area contributed by atoms with Crippen LogP contribution in [-0.2, 0) is 13.6 Å². The molecule has 0 aliphatic carbocycles. The lowest BCUT2D eigenvalue weighted by molar-refractivity contribution is 0.314. The van der Waals surface area contributed by atoms with E-state index in [-0.39, 0.29) is 0 Å². The monoisotopic (exact) mass is 252 g/mol. The van der Waals surface area contributed by atoms with Crippen LogP contribution in [0.4, 0.5) is 0 Å². The predicted octanol–water partition coefficient (Wildman–Crippen LogP) is 1.88. The number of nitrogens with zero attached hydrogens (tertiary/aromatic N) is 3. The van der Waals surface area contributed by atoms with Crippen LogP contribution >= 0.6 is 0 Å². The summed E-state index contributed by atoms with van der Waals surface area (Å²) >= 11 is 0. The summed E-state index contributed by atoms with van der Waals surface area (Å²) in [5, 5.41) is 7.68. The molecule has 1 N–H and O–H groups in total. The van der Waals surface area contributed by atoms with E-state index in [0.717, 1.165) is 26.2 Å². The molecule has 0 aliphatic heterocycles. The number of likely N-dealkylation sites (N-methyl/N-ethyl adjacent to an activating group) is 1. The Morgan fingerprint density at radius 3 is 2.61 bits per heavy atom. The Kier molecular flexibility index (Phi) is 5.82. The highest BCUT2D eigenvalue weighted by molar-refractivity contribution is 5.02. The van der Waals surface area contributed by atoms with Crippen molar-refractivity contribution in [2.75, 3.05) is 26.7 Å². The van der Waals surface area contributed by atoms with Crippen LogP contribution in [0, 0.1) is 5.41 Å². The van der Waals surface area contributed by atoms with Crippen molar-refractivity contribution >= 4 is 0 Å². The van der Waals surface area contributed by atoms with Gasteiger partial charge in [-0.3, -0.25) is 4.68 Å². The Morgan fingerprint density at radius 1 is 1.33 bits per heavy atom. The van der Waals surface area contributed by atoms with E-state index in [0.29, 0.717) is 5.41 Å². The van der Waals surface area contributed by atoms with Gasteiger partial charge in [0, 0.05) is 38.4 Å². The molecule has 4 heteroatoms. The van der Waals surface area contributed by atoms with E-state index in [9.17, 15) is 0 Å². The molecule has 0 unspecified atom stereocenters. The lowest BCUT2D eigenvalue weighted by Crippen LogP contribution is -2.30. The molecule has 104 valence electrons. The molecule has 0 aromatic carbocycles. The van der Waals surface area contributed by atoms with Gasteiger partial charge in [-0.05, 0) is 25.4 Å². The fourth-order valence-corrected chi connectivity index (χ4v) is 1.80. The summed E-state index contributed by atoms with van der Waals surface area (Å²) < 4.78 is 1.85. The minimum absolute atomic E-state index is 0.425. The van der Waals surface area contributed by atoms with E-state index in [1.54, 1.807) is 0 Å². The van der Waals surface area contributed by atoms with E-state index in [1.807, 2.05) is 17.9 Å². The molecule has 1 aromatic heterocycles. The van der Waals surface area contributed by atoms with E-state index < -0.39 is 0 Å². The van der Waals surface area contributed by atoms with Crippen molar-refractivity contribution in [2.24, 2.45) is 12.5 Å². The van der Waals surface area contributed by atoms with Crippen molar-refractivity contribution in [3.05, 3.63) is 18.0 Å². The van der Waals surface area contributed by atoms with Gasteiger partial charge in [0.15, 0.2) is 0 Å². The molecular weight excluding hydrogens is 224 g/mol. The number of aryl methyl sites for hydroxylation is 1. The number of hydrogen-bond acceptors (Lipinski definition) is 3. The van der Waals surface area contributed by atoms with Crippen molar-refractivity contribution < 1.29 is 0 Å². The molecule has 0 fully saturated rings. The highest BCUT2D eigenvalue weighted by Gasteiger charge is 2.08. The molecule has 0 atom stereocenters. The zero-order chi connectivity index (χ0) is 13.6. The maximum absolute atomic E-state index is 4.18. The molecule has 0 spiro atoms. The third-order valence-corrected chi connectivity index (χ3v) is 2.93. The largest absolute Gasteiger partial charge is 0.315 e. The molecule has 0 bridgehead atoms. The Labute approximate surface area is 111 Å². The van der Waals surface area contributed by atoms with Crippen LogP contribution in [0.2, 0.25) is 0 Å². The number of aromatic nitrogens is 2. The topological polar surface area (TPSA) is 33.1 Å². The molecule has 0 saturated carbocycles. The first kappa shape index (κ1) is 15.2. The first-order chi connectivity index (χ1) is 8.37. The Bertz CT molecular complexity index is 338. The fourth-order valence-electron chi connectivity index (χ4n) is 1.80. The van der Waals surface area contributed by atoms with Crippen LogP contribution in [0.15, 0.2) is 12.4 Å². The van der Waals surface area contributed by atoms with Gasteiger partial charge in [-0.1, -0.05) is 20.8 Å². The highest BCUT2D eigenvalue weighted by Crippen LogP contribution is 2.16. The van der Waals surface area contributed by atoms with Gasteiger partial charge >= 0.3 is 0 Å². The Morgan fingerprint density at radius 2 is 2.06 bits per heavy atom. The van der Waals surface area contributed by atoms with E-state index >= 15 is 0 Å². The molecule has 18 heavy (non-hydrogen) atoms. The average Bonchev–Trinajstić information content (AvgIpc) is 2.61. The fraction of sp³-hybridized carbons (Fsp3) is 0.786. The average molecular weight is 252 g/mol. The zero-order valence-electron chi connectivity index (χ0n) is 12.5. The molecule has 0 radical (unpaired) electrons. The SMILES string of the molecule is CN(CCNCCC(C)(C)C)Cc1cnn(C)c1. The van der Waals surface area contributed by atoms with E-state index in [1.165, 1.54) is 12.0 Å². The van der Waals surface area contributed by atoms with Gasteiger partial charge in [0.05, 0.1) is 6.20 Å². The summed E-state index contributed by atoms with van der Waals surface area (Å²) in [4.78, 5) is 2.32. The van der Waals surface area contributed by atoms with Crippen molar-refractivity contribution in [2.45, 2.75) is 33.7 Å². The third-order valence-electron chi connectivity index (χ3n) is 2.93. The summed E-state index contributed by atoms with van der Waals surface area (Å²) in [6.07, 6.45) is 5.23. The van der Waals surface area contributed by atoms with Gasteiger partial charge in [-0.25, -0.2) is 0 Å². The van der Waals surface area contributed by atoms with Crippen LogP contribution in [0.5, 0.6) is 0 Å². The van der Waals surface area contributed by atoms with Crippen molar-refractivity contribution in [1.29, 1.82) is 0 Å². The van der Waals surface area contributed by atoms with Crippen LogP contribution in [0.1, 0.15) is 32.8 Å². The first-order valence-electron chi connectivity index (χ1n) is 6.73. The van der Waals surface area contributed by atoms with Crippen molar-refractivity contribution in [1.82, 2.24) is 20.0 Å². The quantitative estimate of drug-likeness (QED) is 0.752. The van der Waals surface area contributed by atoms with E-state index in [2.05, 4.69) is 49.3 Å². The second-order valence-electron chi connectivity index (χ2n) is 6.32. The van der Waals surface area contributed by atoms with Crippen molar-refractivity contribution in [3.63, 3.8) is 0 Å². The number of nitrogens with one attached hydrogen (secondary N) is 1. The minimum Gasteiger partial charge on any atom is -0.315 e. The smallest absolute Gasteiger partial charge is 0.0534 e. The second kappa shape index (κ2) is 6.90. The molecule has 1 rings (SSSR count). The molecule has 1 aromatic rings. The van der Waals surface area contributed by atoms with Crippen LogP contribution in [0.25, 0.3) is 0 Å². The normalized spacial score (nSPS) is 12.3. The van der Waals surface area contributed by atoms with Gasteiger partial charge in [-0.2, -0.15) is 5.10 Å². The molecule has 1 heterocycles. The van der Waals surface area contributed by atoms with Crippen LogP contribution < -0.4 is 5.32 Å². The lowest BCUT2D eigenvalue weighted by Gasteiger charge is -2.19. The summed E-state index contributed by atoms with van der Waals surface area (Å²) in [6.45, 7) is 11.0. The minimum atomic E-state index is 0.425. The zero-order valence-corrected chi connectivity index (χ0v) is 12.5. The van der Waals surface area contributed by atoms with Crippen LogP contribution in [0.3, 0.4) is 0 Å². The molecular formula is C14H28N4. The third kappa shape index (κ3) is 6.77. The summed E-state index contributed by atoms with van der Waals surface area (Å²) in [6, 6.07) is 0. The molecule has 0 amide bonds. The maximum Gasteiger partial charge on any atom is 0.0534 e. The molecule has 4 nitrogen and oxygen atoms in total. The predicted molar refractivity (Wildman–Crippen MR) is 76.5 cm³/mol. The van der Waals surface area contributed by atoms with Gasteiger partial charge < -0.3 is 10.2 Å². The number of rotatable bonds is 7. The van der Waals surface area contributed by atoms with Crippen LogP contribution in [-0.4, -0.2) is 41.4 Å². The lowest BCUT2D eigenvalue weighted by atomic mass is 9.92. The molecule has 0 saturated heterocycles. The van der Waals surface area contributed by atoms with Gasteiger partial charge in [-0.15, -0.1) is 0 Å². The van der Waals surface area contributed by atoms with E-state index in [4.69, 9.17) is 0 Å². The molecule has 0 aliphatic rings.